The van der Waals surface area contributed by atoms with E-state index in [0.717, 1.165) is 22.0 Å². The largest absolute Gasteiger partial charge is 0.497 e. The van der Waals surface area contributed by atoms with Gasteiger partial charge in [-0.15, -0.1) is 11.8 Å². The molecule has 0 fully saturated rings. The summed E-state index contributed by atoms with van der Waals surface area (Å²) in [5.74, 6) is 2.35. The number of ether oxygens (including phenoxy) is 2. The topological polar surface area (TPSA) is 42.2 Å². The fraction of sp³-hybridized carbons (Fsp3) is 0.235. The zero-order chi connectivity index (χ0) is 15.1. The molecule has 0 amide bonds. The van der Waals surface area contributed by atoms with Gasteiger partial charge >= 0.3 is 0 Å². The fourth-order valence-electron chi connectivity index (χ4n) is 1.94. The van der Waals surface area contributed by atoms with Crippen LogP contribution in [0.1, 0.15) is 18.1 Å². The molecule has 0 aromatic heterocycles. The zero-order valence-corrected chi connectivity index (χ0v) is 12.9. The van der Waals surface area contributed by atoms with Gasteiger partial charge in [0.05, 0.1) is 7.11 Å². The molecule has 21 heavy (non-hydrogen) atoms. The maximum absolute atomic E-state index is 9.34. The van der Waals surface area contributed by atoms with Crippen molar-refractivity contribution >= 4 is 11.8 Å². The summed E-state index contributed by atoms with van der Waals surface area (Å²) in [5.41, 5.74) is 1.61. The lowest BCUT2D eigenvalue weighted by Crippen LogP contribution is -1.98. The number of benzene rings is 2. The minimum absolute atomic E-state index is 0.409. The lowest BCUT2D eigenvalue weighted by atomic mass is 10.2. The fourth-order valence-corrected chi connectivity index (χ4v) is 2.72. The molecule has 0 bridgehead atoms. The molecule has 0 saturated heterocycles. The number of thioether (sulfide) groups is 1. The van der Waals surface area contributed by atoms with Crippen molar-refractivity contribution in [3.8, 4) is 17.6 Å². The van der Waals surface area contributed by atoms with Gasteiger partial charge in [0.2, 0.25) is 0 Å². The van der Waals surface area contributed by atoms with Crippen LogP contribution in [0.2, 0.25) is 0 Å². The van der Waals surface area contributed by atoms with Crippen molar-refractivity contribution in [2.24, 2.45) is 0 Å². The van der Waals surface area contributed by atoms with Crippen molar-refractivity contribution in [2.75, 3.05) is 12.9 Å². The van der Waals surface area contributed by atoms with Crippen molar-refractivity contribution in [3.63, 3.8) is 0 Å². The molecule has 2 rings (SSSR count). The highest BCUT2D eigenvalue weighted by Gasteiger charge is 2.09. The number of methoxy groups -OCH3 is 1. The van der Waals surface area contributed by atoms with Crippen LogP contribution in [0.15, 0.2) is 47.4 Å². The average Bonchev–Trinajstić information content (AvgIpc) is 2.53. The van der Waals surface area contributed by atoms with Crippen LogP contribution in [0, 0.1) is 11.3 Å². The Balaban J connectivity index is 2.16. The molecule has 0 N–H and O–H groups in total. The number of hydrogen-bond acceptors (Lipinski definition) is 4. The second-order valence-corrected chi connectivity index (χ2v) is 5.62. The van der Waals surface area contributed by atoms with Crippen molar-refractivity contribution < 1.29 is 9.47 Å². The van der Waals surface area contributed by atoms with Gasteiger partial charge in [-0.25, -0.2) is 0 Å². The Kier molecular flexibility index (Phi) is 5.53. The Bertz CT molecular complexity index is 649. The third-order valence-corrected chi connectivity index (χ3v) is 3.87. The van der Waals surface area contributed by atoms with Crippen molar-refractivity contribution in [2.45, 2.75) is 18.4 Å². The van der Waals surface area contributed by atoms with Crippen molar-refractivity contribution in [1.29, 1.82) is 5.26 Å². The summed E-state index contributed by atoms with van der Waals surface area (Å²) >= 11 is 1.65. The van der Waals surface area contributed by atoms with E-state index in [1.54, 1.807) is 18.9 Å². The summed E-state index contributed by atoms with van der Waals surface area (Å²) in [4.78, 5) is 0.961. The Morgan fingerprint density at radius 1 is 1.19 bits per heavy atom. The van der Waals surface area contributed by atoms with Crippen LogP contribution < -0.4 is 9.47 Å². The van der Waals surface area contributed by atoms with Gasteiger partial charge in [-0.05, 0) is 35.6 Å². The summed E-state index contributed by atoms with van der Waals surface area (Å²) in [6, 6.07) is 15.6. The van der Waals surface area contributed by atoms with E-state index in [1.165, 1.54) is 0 Å². The Morgan fingerprint density at radius 3 is 2.71 bits per heavy atom. The first-order valence-corrected chi connectivity index (χ1v) is 7.68. The minimum atomic E-state index is 0.409. The highest BCUT2D eigenvalue weighted by molar-refractivity contribution is 7.99. The summed E-state index contributed by atoms with van der Waals surface area (Å²) in [6.45, 7) is 2.47. The number of hydrogen-bond donors (Lipinski definition) is 0. The van der Waals surface area contributed by atoms with E-state index >= 15 is 0 Å². The van der Waals surface area contributed by atoms with Crippen LogP contribution in [-0.2, 0) is 6.61 Å². The number of nitriles is 1. The Hall–Kier alpha value is -2.12. The van der Waals surface area contributed by atoms with Crippen molar-refractivity contribution in [1.82, 2.24) is 0 Å². The molecule has 0 saturated carbocycles. The minimum Gasteiger partial charge on any atom is -0.497 e. The summed E-state index contributed by atoms with van der Waals surface area (Å²) < 4.78 is 11.0. The molecule has 0 spiro atoms. The first-order valence-electron chi connectivity index (χ1n) is 6.70. The van der Waals surface area contributed by atoms with Gasteiger partial charge in [0.1, 0.15) is 29.7 Å². The van der Waals surface area contributed by atoms with Gasteiger partial charge in [0.15, 0.2) is 0 Å². The monoisotopic (exact) mass is 299 g/mol. The standard InChI is InChI=1S/C17H17NO2S/c1-3-21-17-9-5-8-16(15(17)11-18)20-12-13-6-4-7-14(10-13)19-2/h4-10H,3,12H2,1-2H3. The predicted molar refractivity (Wildman–Crippen MR) is 84.9 cm³/mol. The molecule has 0 heterocycles. The number of rotatable bonds is 6. The second kappa shape index (κ2) is 7.61. The summed E-state index contributed by atoms with van der Waals surface area (Å²) in [5, 5.41) is 9.34. The summed E-state index contributed by atoms with van der Waals surface area (Å²) in [7, 11) is 1.64. The molecular formula is C17H17NO2S. The zero-order valence-electron chi connectivity index (χ0n) is 12.1. The Labute approximate surface area is 129 Å². The van der Waals surface area contributed by atoms with Gasteiger partial charge in [-0.3, -0.25) is 0 Å². The third-order valence-electron chi connectivity index (χ3n) is 2.93. The first-order chi connectivity index (χ1) is 10.3. The van der Waals surface area contributed by atoms with E-state index < -0.39 is 0 Å². The molecule has 0 atom stereocenters. The smallest absolute Gasteiger partial charge is 0.138 e. The molecular weight excluding hydrogens is 282 g/mol. The summed E-state index contributed by atoms with van der Waals surface area (Å²) in [6.07, 6.45) is 0. The van der Waals surface area contributed by atoms with E-state index in [9.17, 15) is 5.26 Å². The van der Waals surface area contributed by atoms with Crippen LogP contribution in [0.4, 0.5) is 0 Å². The first kappa shape index (κ1) is 15.3. The molecule has 3 nitrogen and oxygen atoms in total. The maximum Gasteiger partial charge on any atom is 0.138 e. The number of nitrogens with zero attached hydrogens (tertiary/aromatic N) is 1. The van der Waals surface area contributed by atoms with Gasteiger partial charge in [-0.1, -0.05) is 25.1 Å². The highest BCUT2D eigenvalue weighted by Crippen LogP contribution is 2.30. The lowest BCUT2D eigenvalue weighted by molar-refractivity contribution is 0.303. The van der Waals surface area contributed by atoms with Gasteiger partial charge in [0.25, 0.3) is 0 Å². The molecule has 4 heteroatoms. The molecule has 0 aliphatic carbocycles. The van der Waals surface area contributed by atoms with E-state index in [0.29, 0.717) is 17.9 Å². The molecule has 0 radical (unpaired) electrons. The van der Waals surface area contributed by atoms with Crippen LogP contribution in [0.5, 0.6) is 11.5 Å². The quantitative estimate of drug-likeness (QED) is 0.747. The van der Waals surface area contributed by atoms with E-state index in [1.807, 2.05) is 42.5 Å². The van der Waals surface area contributed by atoms with Crippen molar-refractivity contribution in [3.05, 3.63) is 53.6 Å². The predicted octanol–water partition coefficient (Wildman–Crippen LogP) is 4.26. The van der Waals surface area contributed by atoms with Gasteiger partial charge in [0, 0.05) is 4.90 Å². The Morgan fingerprint density at radius 2 is 2.00 bits per heavy atom. The highest BCUT2D eigenvalue weighted by atomic mass is 32.2. The molecule has 0 aliphatic heterocycles. The van der Waals surface area contributed by atoms with E-state index in [-0.39, 0.29) is 0 Å². The van der Waals surface area contributed by atoms with Gasteiger partial charge in [-0.2, -0.15) is 5.26 Å². The normalized spacial score (nSPS) is 9.95. The maximum atomic E-state index is 9.34. The lowest BCUT2D eigenvalue weighted by Gasteiger charge is -2.11. The van der Waals surface area contributed by atoms with Crippen LogP contribution in [0.3, 0.4) is 0 Å². The third kappa shape index (κ3) is 3.93. The molecule has 0 aliphatic rings. The molecule has 2 aromatic rings. The SMILES string of the molecule is CCSc1cccc(OCc2cccc(OC)c2)c1C#N. The molecule has 0 unspecified atom stereocenters. The van der Waals surface area contributed by atoms with E-state index in [4.69, 9.17) is 9.47 Å². The van der Waals surface area contributed by atoms with Crippen LogP contribution in [-0.4, -0.2) is 12.9 Å². The molecule has 2 aromatic carbocycles. The van der Waals surface area contributed by atoms with Crippen LogP contribution >= 0.6 is 11.8 Å². The average molecular weight is 299 g/mol. The molecule has 108 valence electrons. The van der Waals surface area contributed by atoms with Gasteiger partial charge < -0.3 is 9.47 Å². The van der Waals surface area contributed by atoms with Crippen LogP contribution in [0.25, 0.3) is 0 Å². The van der Waals surface area contributed by atoms with E-state index in [2.05, 4.69) is 13.0 Å². The second-order valence-electron chi connectivity index (χ2n) is 4.31.